The molecule has 4 rings (SSSR count). The maximum Gasteiger partial charge on any atom is 0.257 e. The molecule has 0 atom stereocenters. The van der Waals surface area contributed by atoms with Gasteiger partial charge in [0.15, 0.2) is 0 Å². The number of carbonyl (C=O) groups excluding carboxylic acids is 1. The molecular formula is C22H28N4O2. The zero-order valence-corrected chi connectivity index (χ0v) is 16.4. The third-order valence-electron chi connectivity index (χ3n) is 5.64. The molecule has 0 unspecified atom stereocenters. The Balaban J connectivity index is 1.49. The number of hydrogen-bond acceptors (Lipinski definition) is 5. The van der Waals surface area contributed by atoms with Crippen molar-refractivity contribution in [3.63, 3.8) is 0 Å². The minimum Gasteiger partial charge on any atom is -0.378 e. The molecule has 148 valence electrons. The van der Waals surface area contributed by atoms with Crippen LogP contribution >= 0.6 is 0 Å². The third kappa shape index (κ3) is 4.28. The van der Waals surface area contributed by atoms with Crippen LogP contribution in [0.1, 0.15) is 30.1 Å². The Hall–Kier alpha value is -2.60. The third-order valence-corrected chi connectivity index (χ3v) is 5.64. The van der Waals surface area contributed by atoms with Crippen molar-refractivity contribution in [3.8, 4) is 0 Å². The molecule has 0 bridgehead atoms. The predicted octanol–water partition coefficient (Wildman–Crippen LogP) is 3.41. The van der Waals surface area contributed by atoms with Gasteiger partial charge in [0, 0.05) is 32.4 Å². The lowest BCUT2D eigenvalue weighted by atomic mass is 9.99. The van der Waals surface area contributed by atoms with E-state index in [1.807, 2.05) is 36.5 Å². The molecule has 0 aliphatic carbocycles. The van der Waals surface area contributed by atoms with Crippen molar-refractivity contribution in [3.05, 3.63) is 48.3 Å². The molecule has 1 aromatic carbocycles. The first kappa shape index (κ1) is 18.7. The summed E-state index contributed by atoms with van der Waals surface area (Å²) >= 11 is 0. The van der Waals surface area contributed by atoms with Gasteiger partial charge >= 0.3 is 0 Å². The number of carbonyl (C=O) groups is 1. The number of piperidine rings is 1. The SMILES string of the molecule is CC1CCN(c2cncc(C(=O)Nc3ccccc3N3CCOCC3)c2)CC1. The lowest BCUT2D eigenvalue weighted by molar-refractivity contribution is 0.102. The summed E-state index contributed by atoms with van der Waals surface area (Å²) in [6.45, 7) is 7.42. The fourth-order valence-electron chi connectivity index (χ4n) is 3.85. The summed E-state index contributed by atoms with van der Waals surface area (Å²) in [6.07, 6.45) is 5.86. The Morgan fingerprint density at radius 1 is 1.07 bits per heavy atom. The van der Waals surface area contributed by atoms with Gasteiger partial charge < -0.3 is 19.9 Å². The van der Waals surface area contributed by atoms with Crippen molar-refractivity contribution in [2.24, 2.45) is 5.92 Å². The summed E-state index contributed by atoms with van der Waals surface area (Å²) in [5.41, 5.74) is 3.48. The van der Waals surface area contributed by atoms with E-state index >= 15 is 0 Å². The van der Waals surface area contributed by atoms with Crippen molar-refractivity contribution in [2.45, 2.75) is 19.8 Å². The van der Waals surface area contributed by atoms with Crippen LogP contribution in [0.4, 0.5) is 17.1 Å². The molecule has 6 heteroatoms. The minimum absolute atomic E-state index is 0.125. The van der Waals surface area contributed by atoms with Gasteiger partial charge in [0.05, 0.1) is 42.0 Å². The quantitative estimate of drug-likeness (QED) is 0.881. The van der Waals surface area contributed by atoms with E-state index in [4.69, 9.17) is 4.74 Å². The number of morpholine rings is 1. The van der Waals surface area contributed by atoms with E-state index < -0.39 is 0 Å². The summed E-state index contributed by atoms with van der Waals surface area (Å²) in [7, 11) is 0. The Kier molecular flexibility index (Phi) is 5.76. The standard InChI is InChI=1S/C22H28N4O2/c1-17-6-8-25(9-7-17)19-14-18(15-23-16-19)22(27)24-20-4-2-3-5-21(20)26-10-12-28-13-11-26/h2-5,14-17H,6-13H2,1H3,(H,24,27). The first-order valence-corrected chi connectivity index (χ1v) is 10.1. The van der Waals surface area contributed by atoms with Gasteiger partial charge in [-0.05, 0) is 37.0 Å². The smallest absolute Gasteiger partial charge is 0.257 e. The molecule has 1 aromatic heterocycles. The largest absolute Gasteiger partial charge is 0.378 e. The number of ether oxygens (including phenoxy) is 1. The van der Waals surface area contributed by atoms with Crippen LogP contribution in [-0.4, -0.2) is 50.3 Å². The average Bonchev–Trinajstić information content (AvgIpc) is 2.75. The summed E-state index contributed by atoms with van der Waals surface area (Å²) in [6, 6.07) is 9.90. The number of pyridine rings is 1. The van der Waals surface area contributed by atoms with Crippen molar-refractivity contribution in [1.82, 2.24) is 4.98 Å². The molecule has 2 aliphatic heterocycles. The van der Waals surface area contributed by atoms with Gasteiger partial charge in [-0.1, -0.05) is 19.1 Å². The topological polar surface area (TPSA) is 57.7 Å². The van der Waals surface area contributed by atoms with Crippen molar-refractivity contribution in [1.29, 1.82) is 0 Å². The average molecular weight is 380 g/mol. The molecule has 0 spiro atoms. The number of aromatic nitrogens is 1. The van der Waals surface area contributed by atoms with Gasteiger partial charge in [-0.25, -0.2) is 0 Å². The Bertz CT molecular complexity index is 812. The lowest BCUT2D eigenvalue weighted by Gasteiger charge is -2.32. The number of anilines is 3. The number of benzene rings is 1. The molecule has 6 nitrogen and oxygen atoms in total. The molecule has 2 saturated heterocycles. The van der Waals surface area contributed by atoms with Crippen LogP contribution in [0.2, 0.25) is 0 Å². The molecule has 0 saturated carbocycles. The molecule has 1 amide bonds. The summed E-state index contributed by atoms with van der Waals surface area (Å²) in [5.74, 6) is 0.646. The molecular weight excluding hydrogens is 352 g/mol. The van der Waals surface area contributed by atoms with Crippen LogP contribution in [0.5, 0.6) is 0 Å². The number of amides is 1. The van der Waals surface area contributed by atoms with Crippen LogP contribution in [0, 0.1) is 5.92 Å². The van der Waals surface area contributed by atoms with E-state index in [2.05, 4.69) is 27.0 Å². The van der Waals surface area contributed by atoms with E-state index in [9.17, 15) is 4.79 Å². The van der Waals surface area contributed by atoms with Crippen LogP contribution in [-0.2, 0) is 4.74 Å². The molecule has 3 heterocycles. The lowest BCUT2D eigenvalue weighted by Crippen LogP contribution is -2.36. The Morgan fingerprint density at radius 3 is 2.61 bits per heavy atom. The predicted molar refractivity (Wildman–Crippen MR) is 112 cm³/mol. The molecule has 28 heavy (non-hydrogen) atoms. The first-order valence-electron chi connectivity index (χ1n) is 10.1. The number of rotatable bonds is 4. The van der Waals surface area contributed by atoms with Crippen molar-refractivity contribution >= 4 is 23.0 Å². The van der Waals surface area contributed by atoms with E-state index in [0.717, 1.165) is 49.2 Å². The summed E-state index contributed by atoms with van der Waals surface area (Å²) in [5, 5.41) is 3.08. The van der Waals surface area contributed by atoms with Gasteiger partial charge in [-0.15, -0.1) is 0 Å². The number of para-hydroxylation sites is 2. The van der Waals surface area contributed by atoms with Gasteiger partial charge in [-0.3, -0.25) is 9.78 Å². The number of nitrogens with one attached hydrogen (secondary N) is 1. The number of nitrogens with zero attached hydrogens (tertiary/aromatic N) is 3. The van der Waals surface area contributed by atoms with Crippen molar-refractivity contribution < 1.29 is 9.53 Å². The maximum absolute atomic E-state index is 12.9. The van der Waals surface area contributed by atoms with E-state index in [1.165, 1.54) is 12.8 Å². The van der Waals surface area contributed by atoms with E-state index in [-0.39, 0.29) is 5.91 Å². The van der Waals surface area contributed by atoms with Gasteiger partial charge in [0.2, 0.25) is 0 Å². The van der Waals surface area contributed by atoms with Crippen LogP contribution in [0.3, 0.4) is 0 Å². The Morgan fingerprint density at radius 2 is 1.82 bits per heavy atom. The van der Waals surface area contributed by atoms with Crippen molar-refractivity contribution in [2.75, 3.05) is 54.5 Å². The Labute approximate surface area is 166 Å². The second kappa shape index (κ2) is 8.61. The second-order valence-electron chi connectivity index (χ2n) is 7.67. The maximum atomic E-state index is 12.9. The normalized spacial score (nSPS) is 18.2. The van der Waals surface area contributed by atoms with Crippen LogP contribution in [0.15, 0.2) is 42.7 Å². The molecule has 2 aromatic rings. The highest BCUT2D eigenvalue weighted by Gasteiger charge is 2.19. The van der Waals surface area contributed by atoms with Crippen LogP contribution < -0.4 is 15.1 Å². The fraction of sp³-hybridized carbons (Fsp3) is 0.455. The monoisotopic (exact) mass is 380 g/mol. The highest BCUT2D eigenvalue weighted by molar-refractivity contribution is 6.06. The minimum atomic E-state index is -0.125. The molecule has 2 fully saturated rings. The van der Waals surface area contributed by atoms with E-state index in [0.29, 0.717) is 18.8 Å². The molecule has 2 aliphatic rings. The second-order valence-corrected chi connectivity index (χ2v) is 7.67. The molecule has 1 N–H and O–H groups in total. The summed E-state index contributed by atoms with van der Waals surface area (Å²) < 4.78 is 5.45. The molecule has 0 radical (unpaired) electrons. The zero-order valence-electron chi connectivity index (χ0n) is 16.4. The van der Waals surface area contributed by atoms with E-state index in [1.54, 1.807) is 6.20 Å². The van der Waals surface area contributed by atoms with Gasteiger partial charge in [0.25, 0.3) is 5.91 Å². The zero-order chi connectivity index (χ0) is 19.3. The van der Waals surface area contributed by atoms with Gasteiger partial charge in [0.1, 0.15) is 0 Å². The fourth-order valence-corrected chi connectivity index (χ4v) is 3.85. The number of hydrogen-bond donors (Lipinski definition) is 1. The first-order chi connectivity index (χ1) is 13.7. The highest BCUT2D eigenvalue weighted by Crippen LogP contribution is 2.27. The van der Waals surface area contributed by atoms with Crippen LogP contribution in [0.25, 0.3) is 0 Å². The highest BCUT2D eigenvalue weighted by atomic mass is 16.5. The van der Waals surface area contributed by atoms with Gasteiger partial charge in [-0.2, -0.15) is 0 Å². The summed E-state index contributed by atoms with van der Waals surface area (Å²) in [4.78, 5) is 21.8.